The van der Waals surface area contributed by atoms with Crippen molar-refractivity contribution in [1.29, 1.82) is 0 Å². The first-order chi connectivity index (χ1) is 18.9. The minimum atomic E-state index is -0.212. The molecule has 1 saturated carbocycles. The molecule has 3 unspecified atom stereocenters. The molecule has 5 nitrogen and oxygen atoms in total. The van der Waals surface area contributed by atoms with Crippen molar-refractivity contribution in [3.63, 3.8) is 0 Å². The van der Waals surface area contributed by atoms with Crippen LogP contribution in [0.3, 0.4) is 0 Å². The number of hydrogen-bond donors (Lipinski definition) is 2. The van der Waals surface area contributed by atoms with Gasteiger partial charge >= 0.3 is 0 Å². The Labute approximate surface area is 231 Å². The number of aromatic hydroxyl groups is 1. The maximum atomic E-state index is 13.2. The van der Waals surface area contributed by atoms with Crippen molar-refractivity contribution in [2.24, 2.45) is 11.8 Å². The van der Waals surface area contributed by atoms with E-state index in [4.69, 9.17) is 6.57 Å². The fourth-order valence-corrected chi connectivity index (χ4v) is 6.88. The van der Waals surface area contributed by atoms with E-state index in [9.17, 15) is 9.90 Å². The Morgan fingerprint density at radius 1 is 1.08 bits per heavy atom. The van der Waals surface area contributed by atoms with E-state index in [0.717, 1.165) is 47.6 Å². The number of benzene rings is 3. The summed E-state index contributed by atoms with van der Waals surface area (Å²) in [6.07, 6.45) is 5.42. The molecule has 0 spiro atoms. The Bertz CT molecular complexity index is 1420. The summed E-state index contributed by atoms with van der Waals surface area (Å²) >= 11 is 0. The topological polar surface area (TPSA) is 56.9 Å². The molecule has 2 fully saturated rings. The molecule has 3 aromatic rings. The van der Waals surface area contributed by atoms with E-state index in [1.807, 2.05) is 30.3 Å². The van der Waals surface area contributed by atoms with Gasteiger partial charge in [0.05, 0.1) is 12.1 Å². The third-order valence-electron chi connectivity index (χ3n) is 9.65. The van der Waals surface area contributed by atoms with Gasteiger partial charge in [-0.15, -0.1) is 0 Å². The van der Waals surface area contributed by atoms with Crippen LogP contribution in [-0.2, 0) is 18.3 Å². The average Bonchev–Trinajstić information content (AvgIpc) is 3.77. The van der Waals surface area contributed by atoms with E-state index in [2.05, 4.69) is 59.2 Å². The number of piperidine rings is 1. The summed E-state index contributed by atoms with van der Waals surface area (Å²) in [5, 5.41) is 14.5. The Hall–Kier alpha value is -3.62. The van der Waals surface area contributed by atoms with E-state index >= 15 is 0 Å². The Kier molecular flexibility index (Phi) is 6.69. The van der Waals surface area contributed by atoms with Gasteiger partial charge in [-0.1, -0.05) is 68.4 Å². The van der Waals surface area contributed by atoms with Gasteiger partial charge in [0, 0.05) is 30.1 Å². The molecule has 6 rings (SSSR count). The normalized spacial score (nSPS) is 24.0. The van der Waals surface area contributed by atoms with Crippen LogP contribution in [0.25, 0.3) is 16.0 Å². The third kappa shape index (κ3) is 4.83. The van der Waals surface area contributed by atoms with Gasteiger partial charge in [0.2, 0.25) is 0 Å². The van der Waals surface area contributed by atoms with Gasteiger partial charge in [-0.3, -0.25) is 9.69 Å². The molecule has 2 aliphatic carbocycles. The molecule has 200 valence electrons. The van der Waals surface area contributed by atoms with Crippen molar-refractivity contribution >= 4 is 11.6 Å². The lowest BCUT2D eigenvalue weighted by molar-refractivity contribution is 0.0271. The summed E-state index contributed by atoms with van der Waals surface area (Å²) in [4.78, 5) is 19.3. The van der Waals surface area contributed by atoms with Crippen molar-refractivity contribution in [1.82, 2.24) is 10.2 Å². The number of hydrogen-bond acceptors (Lipinski definition) is 3. The van der Waals surface area contributed by atoms with E-state index in [1.54, 1.807) is 0 Å². The molecule has 2 N–H and O–H groups in total. The smallest absolute Gasteiger partial charge is 0.255 e. The van der Waals surface area contributed by atoms with Crippen LogP contribution < -0.4 is 5.32 Å². The van der Waals surface area contributed by atoms with E-state index in [-0.39, 0.29) is 17.1 Å². The van der Waals surface area contributed by atoms with Crippen LogP contribution in [0.1, 0.15) is 60.2 Å². The van der Waals surface area contributed by atoms with Crippen molar-refractivity contribution in [3.05, 3.63) is 94.3 Å². The van der Waals surface area contributed by atoms with E-state index in [1.165, 1.54) is 24.9 Å². The van der Waals surface area contributed by atoms with Gasteiger partial charge in [0.15, 0.2) is 5.69 Å². The fraction of sp³-hybridized carbons (Fsp3) is 0.412. The maximum absolute atomic E-state index is 13.2. The predicted molar refractivity (Wildman–Crippen MR) is 155 cm³/mol. The van der Waals surface area contributed by atoms with Crippen LogP contribution in [-0.4, -0.2) is 41.6 Å². The first-order valence-electron chi connectivity index (χ1n) is 14.3. The van der Waals surface area contributed by atoms with Crippen LogP contribution in [0.5, 0.6) is 5.75 Å². The molecule has 2 bridgehead atoms. The lowest BCUT2D eigenvalue weighted by Crippen LogP contribution is -2.58. The molecular weight excluding hydrogens is 482 g/mol. The molecule has 0 aromatic heterocycles. The molecule has 1 saturated heterocycles. The van der Waals surface area contributed by atoms with Gasteiger partial charge in [-0.25, -0.2) is 4.85 Å². The monoisotopic (exact) mass is 519 g/mol. The Balaban J connectivity index is 1.11. The van der Waals surface area contributed by atoms with E-state index in [0.29, 0.717) is 36.2 Å². The molecule has 3 aliphatic rings. The van der Waals surface area contributed by atoms with Gasteiger partial charge in [-0.05, 0) is 78.8 Å². The van der Waals surface area contributed by atoms with Crippen LogP contribution in [0.4, 0.5) is 5.69 Å². The summed E-state index contributed by atoms with van der Waals surface area (Å²) in [5.41, 5.74) is 6.43. The zero-order valence-corrected chi connectivity index (χ0v) is 22.9. The van der Waals surface area contributed by atoms with Crippen molar-refractivity contribution in [2.45, 2.75) is 57.4 Å². The SMILES string of the molecule is [C-]#[N+]c1ccc(-c2ccc(CCNC(=O)c3ccc4c(c3O)C3(C)CCN(CC5CC5)C(C4)C3C)cc2)cc1. The summed E-state index contributed by atoms with van der Waals surface area (Å²) in [7, 11) is 0. The molecular formula is C34H37N3O2. The molecule has 3 atom stereocenters. The molecule has 5 heteroatoms. The standard InChI is InChI=1S/C34H37N3O2/c1-22-30-20-27-12-15-29(32(38)31(27)34(22,2)17-19-37(30)21-24-4-5-24)33(39)36-18-16-23-6-8-25(9-7-23)26-10-13-28(35-3)14-11-26/h6-15,22,24,30,38H,4-5,16-21H2,1-2H3,(H,36,39). The van der Waals surface area contributed by atoms with Gasteiger partial charge < -0.3 is 10.4 Å². The largest absolute Gasteiger partial charge is 0.507 e. The van der Waals surface area contributed by atoms with Crippen LogP contribution >= 0.6 is 0 Å². The highest BCUT2D eigenvalue weighted by Gasteiger charge is 2.50. The molecule has 1 heterocycles. The number of nitrogens with zero attached hydrogens (tertiary/aromatic N) is 2. The van der Waals surface area contributed by atoms with Gasteiger partial charge in [0.25, 0.3) is 5.91 Å². The summed E-state index contributed by atoms with van der Waals surface area (Å²) in [5.74, 6) is 1.29. The number of phenols is 1. The Morgan fingerprint density at radius 2 is 1.77 bits per heavy atom. The van der Waals surface area contributed by atoms with Crippen molar-refractivity contribution in [3.8, 4) is 16.9 Å². The molecule has 1 aliphatic heterocycles. The van der Waals surface area contributed by atoms with Crippen molar-refractivity contribution < 1.29 is 9.90 Å². The Morgan fingerprint density at radius 3 is 2.44 bits per heavy atom. The zero-order valence-electron chi connectivity index (χ0n) is 22.9. The van der Waals surface area contributed by atoms with Crippen LogP contribution in [0.15, 0.2) is 60.7 Å². The summed E-state index contributed by atoms with van der Waals surface area (Å²) in [6.45, 7) is 14.5. The number of fused-ring (bicyclic) bond motifs is 4. The minimum absolute atomic E-state index is 0.114. The highest BCUT2D eigenvalue weighted by molar-refractivity contribution is 5.97. The second-order valence-electron chi connectivity index (χ2n) is 12.0. The molecule has 0 radical (unpaired) electrons. The number of phenolic OH excluding ortho intramolecular Hbond substituents is 1. The number of rotatable bonds is 7. The average molecular weight is 520 g/mol. The fourth-order valence-electron chi connectivity index (χ4n) is 6.88. The van der Waals surface area contributed by atoms with Gasteiger partial charge in [-0.2, -0.15) is 0 Å². The third-order valence-corrected chi connectivity index (χ3v) is 9.65. The molecule has 39 heavy (non-hydrogen) atoms. The van der Waals surface area contributed by atoms with Crippen LogP contribution in [0.2, 0.25) is 0 Å². The second kappa shape index (κ2) is 10.2. The predicted octanol–water partition coefficient (Wildman–Crippen LogP) is 6.52. The van der Waals surface area contributed by atoms with Crippen molar-refractivity contribution in [2.75, 3.05) is 19.6 Å². The second-order valence-corrected chi connectivity index (χ2v) is 12.0. The zero-order chi connectivity index (χ0) is 27.1. The molecule has 3 aromatic carbocycles. The number of carbonyl (C=O) groups is 1. The first-order valence-corrected chi connectivity index (χ1v) is 14.3. The minimum Gasteiger partial charge on any atom is -0.507 e. The van der Waals surface area contributed by atoms with Crippen LogP contribution in [0, 0.1) is 18.4 Å². The number of nitrogens with one attached hydrogen (secondary N) is 1. The maximum Gasteiger partial charge on any atom is 0.255 e. The highest BCUT2D eigenvalue weighted by atomic mass is 16.3. The lowest BCUT2D eigenvalue weighted by atomic mass is 9.58. The summed E-state index contributed by atoms with van der Waals surface area (Å²) in [6, 6.07) is 20.3. The number of carbonyl (C=O) groups excluding carboxylic acids is 1. The summed E-state index contributed by atoms with van der Waals surface area (Å²) < 4.78 is 0. The highest BCUT2D eigenvalue weighted by Crippen LogP contribution is 2.52. The van der Waals surface area contributed by atoms with E-state index < -0.39 is 0 Å². The quantitative estimate of drug-likeness (QED) is 0.350. The number of likely N-dealkylation sites (tertiary alicyclic amines) is 1. The lowest BCUT2D eigenvalue weighted by Gasteiger charge is -2.55. The molecule has 1 amide bonds. The van der Waals surface area contributed by atoms with Gasteiger partial charge in [0.1, 0.15) is 5.75 Å². The first kappa shape index (κ1) is 25.6. The number of amides is 1.